The molecule has 19 heavy (non-hydrogen) atoms. The van der Waals surface area contributed by atoms with Gasteiger partial charge in [0.1, 0.15) is 0 Å². The lowest BCUT2D eigenvalue weighted by Gasteiger charge is -2.24. The van der Waals surface area contributed by atoms with Crippen LogP contribution in [0.15, 0.2) is 10.9 Å². The Balaban J connectivity index is 1.83. The van der Waals surface area contributed by atoms with Gasteiger partial charge in [-0.2, -0.15) is 4.31 Å². The van der Waals surface area contributed by atoms with E-state index in [9.17, 15) is 8.42 Å². The highest BCUT2D eigenvalue weighted by atomic mass is 32.2. The van der Waals surface area contributed by atoms with Gasteiger partial charge in [-0.3, -0.25) is 0 Å². The Labute approximate surface area is 119 Å². The Morgan fingerprint density at radius 3 is 3.00 bits per heavy atom. The molecule has 0 aromatic carbocycles. The molecule has 108 valence electrons. The van der Waals surface area contributed by atoms with E-state index in [1.54, 1.807) is 12.6 Å². The topological polar surface area (TPSA) is 62.3 Å². The minimum absolute atomic E-state index is 0.214. The normalized spacial score (nSPS) is 20.8. The predicted molar refractivity (Wildman–Crippen MR) is 77.6 cm³/mol. The van der Waals surface area contributed by atoms with Crippen molar-refractivity contribution < 1.29 is 8.42 Å². The molecule has 1 fully saturated rings. The second-order valence-corrected chi connectivity index (χ2v) is 7.90. The third-order valence-corrected chi connectivity index (χ3v) is 5.95. The van der Waals surface area contributed by atoms with Crippen LogP contribution >= 0.6 is 11.3 Å². The van der Waals surface area contributed by atoms with E-state index in [0.717, 1.165) is 18.7 Å². The summed E-state index contributed by atoms with van der Waals surface area (Å²) in [6.45, 7) is 1.38. The van der Waals surface area contributed by atoms with Gasteiger partial charge in [0.2, 0.25) is 10.0 Å². The van der Waals surface area contributed by atoms with Crippen LogP contribution in [0.25, 0.3) is 0 Å². The van der Waals surface area contributed by atoms with Crippen molar-refractivity contribution >= 4 is 21.4 Å². The molecule has 1 atom stereocenters. The number of piperidine rings is 1. The van der Waals surface area contributed by atoms with Crippen LogP contribution in [0.2, 0.25) is 0 Å². The van der Waals surface area contributed by atoms with Crippen molar-refractivity contribution in [2.24, 2.45) is 0 Å². The fourth-order valence-corrected chi connectivity index (χ4v) is 4.03. The van der Waals surface area contributed by atoms with Gasteiger partial charge in [-0.05, 0) is 25.8 Å². The zero-order chi connectivity index (χ0) is 13.7. The van der Waals surface area contributed by atoms with E-state index in [4.69, 9.17) is 0 Å². The summed E-state index contributed by atoms with van der Waals surface area (Å²) in [5.41, 5.74) is 2.54. The zero-order valence-corrected chi connectivity index (χ0v) is 12.8. The van der Waals surface area contributed by atoms with Gasteiger partial charge in [-0.25, -0.2) is 13.4 Å². The predicted octanol–water partition coefficient (Wildman–Crippen LogP) is 1.44. The summed E-state index contributed by atoms with van der Waals surface area (Å²) in [5, 5.41) is 5.27. The Bertz CT molecular complexity index is 467. The molecule has 2 heterocycles. The first-order valence-electron chi connectivity index (χ1n) is 6.62. The largest absolute Gasteiger partial charge is 0.314 e. The minimum atomic E-state index is -3.18. The van der Waals surface area contributed by atoms with Crippen molar-refractivity contribution in [3.8, 4) is 0 Å². The van der Waals surface area contributed by atoms with Gasteiger partial charge in [0.25, 0.3) is 0 Å². The highest BCUT2D eigenvalue weighted by molar-refractivity contribution is 7.89. The molecule has 1 aliphatic rings. The highest BCUT2D eigenvalue weighted by Gasteiger charge is 2.21. The number of aromatic nitrogens is 1. The quantitative estimate of drug-likeness (QED) is 0.864. The molecule has 1 N–H and O–H groups in total. The fraction of sp³-hybridized carbons (Fsp3) is 0.750. The number of nitrogens with one attached hydrogen (secondary N) is 1. The van der Waals surface area contributed by atoms with Gasteiger partial charge >= 0.3 is 0 Å². The van der Waals surface area contributed by atoms with Crippen LogP contribution in [0.4, 0.5) is 0 Å². The molecule has 0 aliphatic carbocycles. The molecule has 7 heteroatoms. The first-order chi connectivity index (χ1) is 9.08. The van der Waals surface area contributed by atoms with Crippen molar-refractivity contribution in [2.75, 3.05) is 19.3 Å². The number of sulfonamides is 1. The van der Waals surface area contributed by atoms with E-state index in [2.05, 4.69) is 10.3 Å². The maximum absolute atomic E-state index is 12.2. The number of hydrogen-bond acceptors (Lipinski definition) is 5. The van der Waals surface area contributed by atoms with E-state index in [-0.39, 0.29) is 5.75 Å². The molecule has 1 aliphatic heterocycles. The molecular weight excluding hydrogens is 282 g/mol. The van der Waals surface area contributed by atoms with Crippen LogP contribution in [-0.4, -0.2) is 43.1 Å². The Morgan fingerprint density at radius 1 is 1.53 bits per heavy atom. The van der Waals surface area contributed by atoms with Gasteiger partial charge in [0.05, 0.1) is 23.5 Å². The molecule has 0 amide bonds. The maximum Gasteiger partial charge on any atom is 0.214 e. The molecule has 1 saturated heterocycles. The number of nitrogens with zero attached hydrogens (tertiary/aromatic N) is 2. The summed E-state index contributed by atoms with van der Waals surface area (Å²) < 4.78 is 25.8. The Hall–Kier alpha value is -0.500. The minimum Gasteiger partial charge on any atom is -0.314 e. The van der Waals surface area contributed by atoms with Crippen LogP contribution < -0.4 is 5.32 Å². The van der Waals surface area contributed by atoms with Crippen molar-refractivity contribution in [3.05, 3.63) is 16.6 Å². The van der Waals surface area contributed by atoms with E-state index in [1.165, 1.54) is 28.5 Å². The van der Waals surface area contributed by atoms with Crippen molar-refractivity contribution in [2.45, 2.75) is 38.3 Å². The first kappa shape index (κ1) is 14.9. The van der Waals surface area contributed by atoms with Crippen molar-refractivity contribution in [3.63, 3.8) is 0 Å². The summed E-state index contributed by atoms with van der Waals surface area (Å²) in [6, 6.07) is 0.358. The zero-order valence-electron chi connectivity index (χ0n) is 11.2. The third-order valence-electron chi connectivity index (χ3n) is 3.48. The van der Waals surface area contributed by atoms with Gasteiger partial charge in [-0.15, -0.1) is 11.3 Å². The van der Waals surface area contributed by atoms with Crippen molar-refractivity contribution in [1.29, 1.82) is 0 Å². The molecule has 0 spiro atoms. The molecule has 0 radical (unpaired) electrons. The van der Waals surface area contributed by atoms with E-state index < -0.39 is 10.0 Å². The number of thiazole rings is 1. The lowest BCUT2D eigenvalue weighted by Crippen LogP contribution is -2.37. The third kappa shape index (κ3) is 4.52. The Kier molecular flexibility index (Phi) is 5.32. The average Bonchev–Trinajstić information content (AvgIpc) is 2.90. The molecule has 0 bridgehead atoms. The van der Waals surface area contributed by atoms with Gasteiger partial charge in [0, 0.05) is 18.5 Å². The molecule has 2 rings (SSSR count). The SMILES string of the molecule is CN(Cc1cscn1)S(=O)(=O)CCC1CCCCN1. The molecule has 1 aromatic rings. The lowest BCUT2D eigenvalue weighted by molar-refractivity contribution is 0.388. The molecule has 1 aromatic heterocycles. The number of rotatable bonds is 6. The smallest absolute Gasteiger partial charge is 0.214 e. The van der Waals surface area contributed by atoms with Gasteiger partial charge in [0.15, 0.2) is 0 Å². The maximum atomic E-state index is 12.2. The summed E-state index contributed by atoms with van der Waals surface area (Å²) in [4.78, 5) is 4.12. The lowest BCUT2D eigenvalue weighted by atomic mass is 10.0. The van der Waals surface area contributed by atoms with Crippen LogP contribution in [0, 0.1) is 0 Å². The van der Waals surface area contributed by atoms with Gasteiger partial charge in [-0.1, -0.05) is 6.42 Å². The first-order valence-corrected chi connectivity index (χ1v) is 9.17. The second kappa shape index (κ2) is 6.78. The summed E-state index contributed by atoms with van der Waals surface area (Å²) in [6.07, 6.45) is 4.19. The average molecular weight is 303 g/mol. The second-order valence-electron chi connectivity index (χ2n) is 4.99. The van der Waals surface area contributed by atoms with E-state index in [1.807, 2.05) is 5.38 Å². The molecule has 0 saturated carbocycles. The van der Waals surface area contributed by atoms with Gasteiger partial charge < -0.3 is 5.32 Å². The molecule has 5 nitrogen and oxygen atoms in total. The highest BCUT2D eigenvalue weighted by Crippen LogP contribution is 2.13. The van der Waals surface area contributed by atoms with Crippen LogP contribution in [0.1, 0.15) is 31.4 Å². The Morgan fingerprint density at radius 2 is 2.37 bits per heavy atom. The molecular formula is C12H21N3O2S2. The summed E-state index contributed by atoms with van der Waals surface area (Å²) in [5.74, 6) is 0.214. The van der Waals surface area contributed by atoms with E-state index in [0.29, 0.717) is 19.0 Å². The molecule has 1 unspecified atom stereocenters. The van der Waals surface area contributed by atoms with Crippen LogP contribution in [-0.2, 0) is 16.6 Å². The fourth-order valence-electron chi connectivity index (χ4n) is 2.26. The van der Waals surface area contributed by atoms with Crippen LogP contribution in [0.3, 0.4) is 0 Å². The van der Waals surface area contributed by atoms with Crippen LogP contribution in [0.5, 0.6) is 0 Å². The standard InChI is InChI=1S/C12H21N3O2S2/c1-15(8-12-9-18-10-14-12)19(16,17)7-5-11-4-2-3-6-13-11/h9-11,13H,2-8H2,1H3. The monoisotopic (exact) mass is 303 g/mol. The summed E-state index contributed by atoms with van der Waals surface area (Å²) >= 11 is 1.49. The van der Waals surface area contributed by atoms with Crippen molar-refractivity contribution in [1.82, 2.24) is 14.6 Å². The number of hydrogen-bond donors (Lipinski definition) is 1. The summed E-state index contributed by atoms with van der Waals surface area (Å²) in [7, 11) is -1.55. The van der Waals surface area contributed by atoms with E-state index >= 15 is 0 Å².